The van der Waals surface area contributed by atoms with Gasteiger partial charge in [-0.1, -0.05) is 26.0 Å². The van der Waals surface area contributed by atoms with Crippen LogP contribution in [0.4, 0.5) is 10.1 Å². The van der Waals surface area contributed by atoms with Crippen LogP contribution in [0.15, 0.2) is 46.9 Å². The summed E-state index contributed by atoms with van der Waals surface area (Å²) in [5.74, 6) is -1.21. The summed E-state index contributed by atoms with van der Waals surface area (Å²) < 4.78 is 18.2. The lowest BCUT2D eigenvalue weighted by Crippen LogP contribution is -2.21. The molecule has 6 heteroatoms. The van der Waals surface area contributed by atoms with Crippen molar-refractivity contribution < 1.29 is 18.7 Å². The van der Waals surface area contributed by atoms with Gasteiger partial charge in [-0.25, -0.2) is 9.18 Å². The summed E-state index contributed by atoms with van der Waals surface area (Å²) in [6.45, 7) is 3.75. The van der Waals surface area contributed by atoms with Crippen LogP contribution in [-0.2, 0) is 9.53 Å². The second-order valence-corrected chi connectivity index (χ2v) is 6.38. The molecule has 2 aromatic rings. The molecule has 24 heavy (non-hydrogen) atoms. The van der Waals surface area contributed by atoms with Gasteiger partial charge in [-0.05, 0) is 57.7 Å². The Kier molecular flexibility index (Phi) is 6.09. The maximum Gasteiger partial charge on any atom is 0.339 e. The highest BCUT2D eigenvalue weighted by Crippen LogP contribution is 2.19. The van der Waals surface area contributed by atoms with Crippen molar-refractivity contribution in [2.75, 3.05) is 11.9 Å². The third-order valence-electron chi connectivity index (χ3n) is 3.35. The second-order valence-electron chi connectivity index (χ2n) is 5.53. The quantitative estimate of drug-likeness (QED) is 0.760. The lowest BCUT2D eigenvalue weighted by Gasteiger charge is -2.09. The largest absolute Gasteiger partial charge is 0.452 e. The van der Waals surface area contributed by atoms with Gasteiger partial charge < -0.3 is 10.1 Å². The Bertz CT molecular complexity index is 744. The maximum absolute atomic E-state index is 13.0. The molecule has 0 aliphatic heterocycles. The summed E-state index contributed by atoms with van der Waals surface area (Å²) in [6.07, 6.45) is 0. The van der Waals surface area contributed by atoms with E-state index in [0.717, 1.165) is 12.1 Å². The first-order chi connectivity index (χ1) is 11.4. The first kappa shape index (κ1) is 18.1. The van der Waals surface area contributed by atoms with E-state index in [0.29, 0.717) is 11.6 Å². The number of halogens is 2. The number of benzene rings is 2. The molecule has 0 saturated carbocycles. The lowest BCUT2D eigenvalue weighted by atomic mass is 10.0. The topological polar surface area (TPSA) is 55.4 Å². The van der Waals surface area contributed by atoms with Crippen LogP contribution in [-0.4, -0.2) is 18.5 Å². The van der Waals surface area contributed by atoms with E-state index in [9.17, 15) is 14.0 Å². The molecule has 4 nitrogen and oxygen atoms in total. The Balaban J connectivity index is 1.89. The van der Waals surface area contributed by atoms with Crippen molar-refractivity contribution in [3.05, 3.63) is 63.9 Å². The molecule has 126 valence electrons. The fourth-order valence-corrected chi connectivity index (χ4v) is 2.53. The predicted molar refractivity (Wildman–Crippen MR) is 93.5 cm³/mol. The van der Waals surface area contributed by atoms with E-state index in [4.69, 9.17) is 4.74 Å². The Labute approximate surface area is 148 Å². The van der Waals surface area contributed by atoms with E-state index in [2.05, 4.69) is 35.1 Å². The molecular formula is C18H17BrFNO3. The maximum atomic E-state index is 13.0. The zero-order valence-corrected chi connectivity index (χ0v) is 14.9. The van der Waals surface area contributed by atoms with Crippen LogP contribution in [0.25, 0.3) is 0 Å². The Hall–Kier alpha value is -2.21. The highest BCUT2D eigenvalue weighted by atomic mass is 79.9. The van der Waals surface area contributed by atoms with Crippen LogP contribution in [0.3, 0.4) is 0 Å². The lowest BCUT2D eigenvalue weighted by molar-refractivity contribution is -0.119. The van der Waals surface area contributed by atoms with E-state index in [1.807, 2.05) is 12.1 Å². The predicted octanol–water partition coefficient (Wildman–Crippen LogP) is 4.51. The van der Waals surface area contributed by atoms with Crippen LogP contribution in [0.5, 0.6) is 0 Å². The van der Waals surface area contributed by atoms with Gasteiger partial charge in [0.1, 0.15) is 5.82 Å². The van der Waals surface area contributed by atoms with Crippen molar-refractivity contribution in [1.29, 1.82) is 0 Å². The summed E-state index contributed by atoms with van der Waals surface area (Å²) in [6, 6.07) is 11.1. The first-order valence-electron chi connectivity index (χ1n) is 7.39. The normalized spacial score (nSPS) is 10.5. The van der Waals surface area contributed by atoms with Crippen LogP contribution in [0, 0.1) is 5.82 Å². The van der Waals surface area contributed by atoms with Crippen LogP contribution in [0.1, 0.15) is 35.7 Å². The van der Waals surface area contributed by atoms with Gasteiger partial charge in [0.05, 0.1) is 5.56 Å². The smallest absolute Gasteiger partial charge is 0.339 e. The zero-order valence-electron chi connectivity index (χ0n) is 13.3. The highest BCUT2D eigenvalue weighted by Gasteiger charge is 2.14. The van der Waals surface area contributed by atoms with E-state index < -0.39 is 24.3 Å². The third-order valence-corrected chi connectivity index (χ3v) is 4.00. The van der Waals surface area contributed by atoms with Crippen molar-refractivity contribution in [2.45, 2.75) is 19.8 Å². The van der Waals surface area contributed by atoms with E-state index in [-0.39, 0.29) is 10.0 Å². The Morgan fingerprint density at radius 2 is 1.83 bits per heavy atom. The number of hydrogen-bond donors (Lipinski definition) is 1. The van der Waals surface area contributed by atoms with Crippen LogP contribution >= 0.6 is 15.9 Å². The van der Waals surface area contributed by atoms with E-state index >= 15 is 0 Å². The molecule has 2 rings (SSSR count). The molecule has 0 aromatic heterocycles. The van der Waals surface area contributed by atoms with E-state index in [1.165, 1.54) is 11.6 Å². The summed E-state index contributed by atoms with van der Waals surface area (Å²) >= 11 is 3.09. The fraction of sp³-hybridized carbons (Fsp3) is 0.222. The number of carbonyl (C=O) groups is 2. The molecule has 0 unspecified atom stereocenters. The highest BCUT2D eigenvalue weighted by molar-refractivity contribution is 9.10. The number of nitrogens with one attached hydrogen (secondary N) is 1. The molecule has 0 heterocycles. The molecule has 0 aliphatic rings. The van der Waals surface area contributed by atoms with Gasteiger partial charge in [0.25, 0.3) is 5.91 Å². The van der Waals surface area contributed by atoms with Crippen LogP contribution < -0.4 is 5.32 Å². The molecule has 0 saturated heterocycles. The van der Waals surface area contributed by atoms with Crippen molar-refractivity contribution in [2.24, 2.45) is 0 Å². The first-order valence-corrected chi connectivity index (χ1v) is 8.18. The molecule has 0 radical (unpaired) electrons. The minimum absolute atomic E-state index is 0.158. The Morgan fingerprint density at radius 3 is 2.42 bits per heavy atom. The molecular weight excluding hydrogens is 377 g/mol. The molecule has 0 atom stereocenters. The SMILES string of the molecule is CC(C)c1ccc(NC(=O)COC(=O)c2ccc(F)cc2Br)cc1. The summed E-state index contributed by atoms with van der Waals surface area (Å²) in [4.78, 5) is 23.7. The average Bonchev–Trinajstić information content (AvgIpc) is 2.53. The Morgan fingerprint density at radius 1 is 1.17 bits per heavy atom. The molecule has 1 N–H and O–H groups in total. The molecule has 0 fully saturated rings. The van der Waals surface area contributed by atoms with Crippen molar-refractivity contribution in [1.82, 2.24) is 0 Å². The van der Waals surface area contributed by atoms with Crippen molar-refractivity contribution in [3.8, 4) is 0 Å². The number of amides is 1. The number of hydrogen-bond acceptors (Lipinski definition) is 3. The molecule has 0 bridgehead atoms. The molecule has 1 amide bonds. The van der Waals surface area contributed by atoms with Crippen molar-refractivity contribution in [3.63, 3.8) is 0 Å². The van der Waals surface area contributed by atoms with Gasteiger partial charge in [-0.3, -0.25) is 4.79 Å². The van der Waals surface area contributed by atoms with Gasteiger partial charge in [0, 0.05) is 10.2 Å². The number of carbonyl (C=O) groups excluding carboxylic acids is 2. The van der Waals surface area contributed by atoms with Gasteiger partial charge >= 0.3 is 5.97 Å². The molecule has 2 aromatic carbocycles. The number of esters is 1. The minimum Gasteiger partial charge on any atom is -0.452 e. The summed E-state index contributed by atoms with van der Waals surface area (Å²) in [5.41, 5.74) is 1.95. The number of rotatable bonds is 5. The second kappa shape index (κ2) is 8.06. The average molecular weight is 394 g/mol. The van der Waals surface area contributed by atoms with Gasteiger partial charge in [0.15, 0.2) is 6.61 Å². The monoisotopic (exact) mass is 393 g/mol. The number of anilines is 1. The van der Waals surface area contributed by atoms with E-state index in [1.54, 1.807) is 12.1 Å². The fourth-order valence-electron chi connectivity index (χ4n) is 2.01. The summed E-state index contributed by atoms with van der Waals surface area (Å²) in [5, 5.41) is 2.65. The van der Waals surface area contributed by atoms with Crippen LogP contribution in [0.2, 0.25) is 0 Å². The van der Waals surface area contributed by atoms with Gasteiger partial charge in [-0.2, -0.15) is 0 Å². The van der Waals surface area contributed by atoms with Gasteiger partial charge in [0.2, 0.25) is 0 Å². The third kappa shape index (κ3) is 4.89. The molecule has 0 spiro atoms. The summed E-state index contributed by atoms with van der Waals surface area (Å²) in [7, 11) is 0. The van der Waals surface area contributed by atoms with Gasteiger partial charge in [-0.15, -0.1) is 0 Å². The standard InChI is InChI=1S/C18H17BrFNO3/c1-11(2)12-3-6-14(7-4-12)21-17(22)10-24-18(23)15-8-5-13(20)9-16(15)19/h3-9,11H,10H2,1-2H3,(H,21,22). The number of ether oxygens (including phenoxy) is 1. The van der Waals surface area contributed by atoms with Crippen molar-refractivity contribution >= 4 is 33.5 Å². The minimum atomic E-state index is -0.702. The molecule has 0 aliphatic carbocycles. The zero-order chi connectivity index (χ0) is 17.7.